The molecule has 2 aliphatic heterocycles. The zero-order chi connectivity index (χ0) is 18.3. The molecule has 0 aliphatic carbocycles. The normalized spacial score (nSPS) is 18.7. The molecule has 2 N–H and O–H groups in total. The van der Waals surface area contributed by atoms with E-state index in [1.165, 1.54) is 6.20 Å². The van der Waals surface area contributed by atoms with Crippen molar-refractivity contribution in [2.75, 3.05) is 17.2 Å². The quantitative estimate of drug-likeness (QED) is 0.789. The average Bonchev–Trinajstić information content (AvgIpc) is 3.09. The van der Waals surface area contributed by atoms with Crippen LogP contribution >= 0.6 is 15.9 Å². The number of nitrogens with one attached hydrogen (secondary N) is 2. The van der Waals surface area contributed by atoms with Crippen LogP contribution in [0.4, 0.5) is 11.4 Å². The van der Waals surface area contributed by atoms with Gasteiger partial charge in [0, 0.05) is 29.1 Å². The van der Waals surface area contributed by atoms with Gasteiger partial charge in [0.25, 0.3) is 11.8 Å². The molecule has 2 aromatic rings. The van der Waals surface area contributed by atoms with E-state index in [-0.39, 0.29) is 17.7 Å². The third-order valence-corrected chi connectivity index (χ3v) is 4.98. The standard InChI is InChI=1S/C18H15BrN4O3/c19-11-6-10(8-20-9-11)16(24)21-12-3-4-14-13(7-12)18(26)23-5-1-2-15(23)17(25)22-14/h3-4,6-9,15H,1-2,5H2,(H,21,24)(H,22,25)/t15-/m0/s1. The molecule has 1 atom stereocenters. The molecule has 1 fully saturated rings. The van der Waals surface area contributed by atoms with E-state index in [4.69, 9.17) is 0 Å². The molecule has 4 rings (SSSR count). The number of nitrogens with zero attached hydrogens (tertiary/aromatic N) is 2. The maximum atomic E-state index is 12.8. The first kappa shape index (κ1) is 16.7. The van der Waals surface area contributed by atoms with Crippen LogP contribution in [0, 0.1) is 0 Å². The summed E-state index contributed by atoms with van der Waals surface area (Å²) in [6.45, 7) is 0.566. The molecule has 3 heterocycles. The molecule has 132 valence electrons. The van der Waals surface area contributed by atoms with Crippen molar-refractivity contribution in [3.05, 3.63) is 52.3 Å². The first-order valence-corrected chi connectivity index (χ1v) is 9.00. The number of fused-ring (bicyclic) bond motifs is 2. The lowest BCUT2D eigenvalue weighted by atomic mass is 10.1. The summed E-state index contributed by atoms with van der Waals surface area (Å²) in [5.74, 6) is -0.685. The molecule has 0 unspecified atom stereocenters. The summed E-state index contributed by atoms with van der Waals surface area (Å²) in [5, 5.41) is 5.58. The Labute approximate surface area is 157 Å². The van der Waals surface area contributed by atoms with Gasteiger partial charge in [0.1, 0.15) is 6.04 Å². The molecule has 2 aliphatic rings. The van der Waals surface area contributed by atoms with Crippen LogP contribution < -0.4 is 10.6 Å². The summed E-state index contributed by atoms with van der Waals surface area (Å²) in [4.78, 5) is 43.1. The average molecular weight is 415 g/mol. The molecule has 1 aromatic heterocycles. The highest BCUT2D eigenvalue weighted by Gasteiger charge is 2.38. The number of benzene rings is 1. The lowest BCUT2D eigenvalue weighted by molar-refractivity contribution is -0.119. The summed E-state index contributed by atoms with van der Waals surface area (Å²) in [7, 11) is 0. The van der Waals surface area contributed by atoms with E-state index in [1.807, 2.05) is 0 Å². The maximum absolute atomic E-state index is 12.8. The van der Waals surface area contributed by atoms with Crippen molar-refractivity contribution in [2.45, 2.75) is 18.9 Å². The van der Waals surface area contributed by atoms with E-state index in [0.29, 0.717) is 39.9 Å². The third kappa shape index (κ3) is 2.96. The lowest BCUT2D eigenvalue weighted by Gasteiger charge is -2.20. The number of pyridine rings is 1. The van der Waals surface area contributed by atoms with Crippen LogP contribution in [0.25, 0.3) is 0 Å². The summed E-state index contributed by atoms with van der Waals surface area (Å²) in [6, 6.07) is 6.14. The Hall–Kier alpha value is -2.74. The monoisotopic (exact) mass is 414 g/mol. The number of hydrogen-bond acceptors (Lipinski definition) is 4. The van der Waals surface area contributed by atoms with Crippen molar-refractivity contribution in [1.82, 2.24) is 9.88 Å². The zero-order valence-electron chi connectivity index (χ0n) is 13.7. The molecule has 0 bridgehead atoms. The molecule has 0 radical (unpaired) electrons. The smallest absolute Gasteiger partial charge is 0.257 e. The number of carbonyl (C=O) groups is 3. The van der Waals surface area contributed by atoms with E-state index >= 15 is 0 Å². The summed E-state index contributed by atoms with van der Waals surface area (Å²) in [6.07, 6.45) is 4.53. The zero-order valence-corrected chi connectivity index (χ0v) is 15.2. The fourth-order valence-electron chi connectivity index (χ4n) is 3.30. The minimum absolute atomic E-state index is 0.161. The van der Waals surface area contributed by atoms with Crippen molar-refractivity contribution in [3.63, 3.8) is 0 Å². The predicted octanol–water partition coefficient (Wildman–Crippen LogP) is 2.65. The second kappa shape index (κ2) is 6.53. The van der Waals surface area contributed by atoms with Gasteiger partial charge in [-0.2, -0.15) is 0 Å². The largest absolute Gasteiger partial charge is 0.327 e. The number of aromatic nitrogens is 1. The van der Waals surface area contributed by atoms with E-state index in [0.717, 1.165) is 6.42 Å². The highest BCUT2D eigenvalue weighted by atomic mass is 79.9. The molecule has 0 spiro atoms. The van der Waals surface area contributed by atoms with Gasteiger partial charge in [0.15, 0.2) is 0 Å². The van der Waals surface area contributed by atoms with Gasteiger partial charge in [-0.3, -0.25) is 19.4 Å². The molecule has 0 saturated carbocycles. The van der Waals surface area contributed by atoms with Crippen LogP contribution in [0.2, 0.25) is 0 Å². The van der Waals surface area contributed by atoms with E-state index in [1.54, 1.807) is 35.4 Å². The second-order valence-corrected chi connectivity index (χ2v) is 7.17. The number of amides is 3. The van der Waals surface area contributed by atoms with E-state index < -0.39 is 6.04 Å². The van der Waals surface area contributed by atoms with Crippen molar-refractivity contribution < 1.29 is 14.4 Å². The van der Waals surface area contributed by atoms with Crippen molar-refractivity contribution in [2.24, 2.45) is 0 Å². The first-order chi connectivity index (χ1) is 12.5. The molecular formula is C18H15BrN4O3. The SMILES string of the molecule is O=C(Nc1ccc2c(c1)C(=O)N1CCC[C@H]1C(=O)N2)c1cncc(Br)c1. The second-order valence-electron chi connectivity index (χ2n) is 6.25. The molecular weight excluding hydrogens is 400 g/mol. The van der Waals surface area contributed by atoms with Gasteiger partial charge >= 0.3 is 0 Å². The van der Waals surface area contributed by atoms with Gasteiger partial charge in [0.2, 0.25) is 5.91 Å². The predicted molar refractivity (Wildman–Crippen MR) is 99.0 cm³/mol. The number of rotatable bonds is 2. The van der Waals surface area contributed by atoms with Crippen molar-refractivity contribution >= 4 is 45.0 Å². The fourth-order valence-corrected chi connectivity index (χ4v) is 3.67. The van der Waals surface area contributed by atoms with Gasteiger partial charge < -0.3 is 15.5 Å². The topological polar surface area (TPSA) is 91.4 Å². The summed E-state index contributed by atoms with van der Waals surface area (Å²) < 4.78 is 0.699. The molecule has 26 heavy (non-hydrogen) atoms. The van der Waals surface area contributed by atoms with E-state index in [2.05, 4.69) is 31.5 Å². The van der Waals surface area contributed by atoms with Gasteiger partial charge in [-0.25, -0.2) is 0 Å². The molecule has 8 heteroatoms. The molecule has 1 aromatic carbocycles. The Bertz CT molecular complexity index is 930. The van der Waals surface area contributed by atoms with E-state index in [9.17, 15) is 14.4 Å². The highest BCUT2D eigenvalue weighted by molar-refractivity contribution is 9.10. The Balaban J connectivity index is 1.63. The fraction of sp³-hybridized carbons (Fsp3) is 0.222. The van der Waals surface area contributed by atoms with Crippen LogP contribution in [-0.2, 0) is 4.79 Å². The van der Waals surface area contributed by atoms with Gasteiger partial charge in [-0.15, -0.1) is 0 Å². The van der Waals surface area contributed by atoms with Crippen LogP contribution in [0.5, 0.6) is 0 Å². The Kier molecular flexibility index (Phi) is 4.20. The molecule has 3 amide bonds. The van der Waals surface area contributed by atoms with Gasteiger partial charge in [-0.05, 0) is 53.0 Å². The number of carbonyl (C=O) groups excluding carboxylic acids is 3. The number of halogens is 1. The summed E-state index contributed by atoms with van der Waals surface area (Å²) >= 11 is 3.28. The number of hydrogen-bond donors (Lipinski definition) is 2. The van der Waals surface area contributed by atoms with Crippen LogP contribution in [0.15, 0.2) is 41.1 Å². The van der Waals surface area contributed by atoms with Gasteiger partial charge in [0.05, 0.1) is 16.8 Å². The van der Waals surface area contributed by atoms with Gasteiger partial charge in [-0.1, -0.05) is 0 Å². The number of anilines is 2. The van der Waals surface area contributed by atoms with Crippen LogP contribution in [-0.4, -0.2) is 40.2 Å². The van der Waals surface area contributed by atoms with Crippen LogP contribution in [0.1, 0.15) is 33.6 Å². The Morgan fingerprint density at radius 3 is 2.92 bits per heavy atom. The molecule has 7 nitrogen and oxygen atoms in total. The highest BCUT2D eigenvalue weighted by Crippen LogP contribution is 2.30. The minimum atomic E-state index is -0.416. The Morgan fingerprint density at radius 1 is 1.27 bits per heavy atom. The lowest BCUT2D eigenvalue weighted by Crippen LogP contribution is -2.40. The Morgan fingerprint density at radius 2 is 2.12 bits per heavy atom. The minimum Gasteiger partial charge on any atom is -0.327 e. The maximum Gasteiger partial charge on any atom is 0.257 e. The molecule has 1 saturated heterocycles. The summed E-state index contributed by atoms with van der Waals surface area (Å²) in [5.41, 5.74) is 1.73. The van der Waals surface area contributed by atoms with Crippen molar-refractivity contribution in [3.8, 4) is 0 Å². The van der Waals surface area contributed by atoms with Crippen LogP contribution in [0.3, 0.4) is 0 Å². The third-order valence-electron chi connectivity index (χ3n) is 4.55. The van der Waals surface area contributed by atoms with Crippen molar-refractivity contribution in [1.29, 1.82) is 0 Å². The first-order valence-electron chi connectivity index (χ1n) is 8.21.